The third-order valence-corrected chi connectivity index (χ3v) is 4.92. The monoisotopic (exact) mass is 449 g/mol. The Morgan fingerprint density at radius 2 is 1.91 bits per heavy atom. The summed E-state index contributed by atoms with van der Waals surface area (Å²) < 4.78 is 5.36. The molecule has 0 spiro atoms. The fourth-order valence-electron chi connectivity index (χ4n) is 2.99. The van der Waals surface area contributed by atoms with Crippen LogP contribution < -0.4 is 16.2 Å². The predicted molar refractivity (Wildman–Crippen MR) is 127 cm³/mol. The van der Waals surface area contributed by atoms with E-state index in [2.05, 4.69) is 27.2 Å². The van der Waals surface area contributed by atoms with Crippen molar-refractivity contribution >= 4 is 39.9 Å². The highest BCUT2D eigenvalue weighted by atomic mass is 32.1. The van der Waals surface area contributed by atoms with Gasteiger partial charge >= 0.3 is 6.09 Å². The highest BCUT2D eigenvalue weighted by Gasteiger charge is 2.23. The third-order valence-electron chi connectivity index (χ3n) is 4.40. The van der Waals surface area contributed by atoms with Gasteiger partial charge in [-0.2, -0.15) is 0 Å². The minimum absolute atomic E-state index is 0.150. The summed E-state index contributed by atoms with van der Waals surface area (Å²) in [6.45, 7) is 5.50. The van der Waals surface area contributed by atoms with E-state index in [1.807, 2.05) is 36.4 Å². The van der Waals surface area contributed by atoms with Crippen LogP contribution >= 0.6 is 12.2 Å². The van der Waals surface area contributed by atoms with E-state index in [4.69, 9.17) is 17.0 Å². The number of thiocarbonyl (C=S) groups is 1. The number of amides is 2. The van der Waals surface area contributed by atoms with E-state index < -0.39 is 23.6 Å². The van der Waals surface area contributed by atoms with Crippen molar-refractivity contribution in [3.05, 3.63) is 78.1 Å². The van der Waals surface area contributed by atoms with Crippen molar-refractivity contribution in [2.45, 2.75) is 32.4 Å². The summed E-state index contributed by atoms with van der Waals surface area (Å²) in [5.41, 5.74) is 5.93. The molecule has 2 amide bonds. The number of nitrogens with zero attached hydrogens (tertiary/aromatic N) is 1. The summed E-state index contributed by atoms with van der Waals surface area (Å²) in [4.78, 5) is 29.8. The van der Waals surface area contributed by atoms with Gasteiger partial charge in [-0.25, -0.2) is 10.2 Å². The Morgan fingerprint density at radius 1 is 1.16 bits per heavy atom. The topological polar surface area (TPSA) is 92.4 Å². The lowest BCUT2D eigenvalue weighted by atomic mass is 10.1. The van der Waals surface area contributed by atoms with Crippen LogP contribution in [0.5, 0.6) is 0 Å². The maximum atomic E-state index is 12.7. The van der Waals surface area contributed by atoms with Crippen molar-refractivity contribution in [3.8, 4) is 0 Å². The Morgan fingerprint density at radius 3 is 2.62 bits per heavy atom. The maximum Gasteiger partial charge on any atom is 0.408 e. The Hall–Kier alpha value is -3.36. The first-order chi connectivity index (χ1) is 15.2. The summed E-state index contributed by atoms with van der Waals surface area (Å²) in [5.74, 6) is -0.400. The summed E-state index contributed by atoms with van der Waals surface area (Å²) >= 11 is 5.60. The number of aromatic nitrogens is 1. The van der Waals surface area contributed by atoms with Gasteiger partial charge in [0.2, 0.25) is 0 Å². The average molecular weight is 450 g/mol. The first-order valence-corrected chi connectivity index (χ1v) is 10.5. The molecule has 1 heterocycles. The zero-order chi connectivity index (χ0) is 23.1. The number of hydrogen-bond acceptors (Lipinski definition) is 6. The van der Waals surface area contributed by atoms with Gasteiger partial charge in [-0.3, -0.25) is 15.2 Å². The van der Waals surface area contributed by atoms with Crippen molar-refractivity contribution in [1.82, 2.24) is 21.2 Å². The molecule has 1 atom stereocenters. The van der Waals surface area contributed by atoms with E-state index in [9.17, 15) is 9.59 Å². The Kier molecular flexibility index (Phi) is 7.50. The zero-order valence-corrected chi connectivity index (χ0v) is 19.0. The van der Waals surface area contributed by atoms with Crippen molar-refractivity contribution in [3.63, 3.8) is 0 Å². The molecule has 0 fully saturated rings. The largest absolute Gasteiger partial charge is 0.444 e. The lowest BCUT2D eigenvalue weighted by Crippen LogP contribution is -2.52. The van der Waals surface area contributed by atoms with Gasteiger partial charge in [-0.1, -0.05) is 54.7 Å². The number of ether oxygens (including phenoxy) is 1. The smallest absolute Gasteiger partial charge is 0.408 e. The third kappa shape index (κ3) is 6.32. The second kappa shape index (κ2) is 10.3. The van der Waals surface area contributed by atoms with Crippen LogP contribution in [0, 0.1) is 6.07 Å². The SMILES string of the molecule is CC(C)(C)OC(=O)NC(CNNC(=O)c1nccc2c[c]ccc12)C(=S)c1ccccc1. The van der Waals surface area contributed by atoms with Crippen molar-refractivity contribution in [2.75, 3.05) is 6.54 Å². The highest BCUT2D eigenvalue weighted by Crippen LogP contribution is 2.15. The molecular formula is C24H25N4O3S. The molecule has 3 aromatic rings. The molecule has 0 bridgehead atoms. The molecule has 32 heavy (non-hydrogen) atoms. The fourth-order valence-corrected chi connectivity index (χ4v) is 3.27. The lowest BCUT2D eigenvalue weighted by Gasteiger charge is -2.24. The Balaban J connectivity index is 1.69. The number of hydrogen-bond donors (Lipinski definition) is 3. The fraction of sp³-hybridized carbons (Fsp3) is 0.250. The molecule has 1 radical (unpaired) electrons. The number of carbonyl (C=O) groups is 2. The van der Waals surface area contributed by atoms with Gasteiger partial charge in [-0.05, 0) is 49.9 Å². The van der Waals surface area contributed by atoms with E-state index in [1.165, 1.54) is 0 Å². The van der Waals surface area contributed by atoms with E-state index in [-0.39, 0.29) is 12.2 Å². The molecular weight excluding hydrogens is 424 g/mol. The van der Waals surface area contributed by atoms with E-state index in [0.717, 1.165) is 10.9 Å². The number of hydrazine groups is 1. The van der Waals surface area contributed by atoms with E-state index in [0.29, 0.717) is 10.3 Å². The Labute approximate surface area is 192 Å². The van der Waals surface area contributed by atoms with Crippen molar-refractivity contribution < 1.29 is 14.3 Å². The standard InChI is InChI=1S/C24H25N4O3S/c1-24(2,3)31-23(30)27-19(21(32)17-10-5-4-6-11-17)15-26-28-22(29)20-18-12-8-7-9-16(18)13-14-25-20/h4-6,8-14,19,26H,15H2,1-3H3,(H,27,30)(H,28,29). The van der Waals surface area contributed by atoms with Crippen LogP contribution in [-0.2, 0) is 4.74 Å². The molecule has 165 valence electrons. The molecule has 3 N–H and O–H groups in total. The zero-order valence-electron chi connectivity index (χ0n) is 18.1. The predicted octanol–water partition coefficient (Wildman–Crippen LogP) is 3.58. The maximum absolute atomic E-state index is 12.7. The molecule has 1 unspecified atom stereocenters. The highest BCUT2D eigenvalue weighted by molar-refractivity contribution is 7.81. The molecule has 0 aliphatic carbocycles. The quantitative estimate of drug-likeness (QED) is 0.290. The van der Waals surface area contributed by atoms with Crippen molar-refractivity contribution in [1.29, 1.82) is 0 Å². The summed E-state index contributed by atoms with van der Waals surface area (Å²) in [5, 5.41) is 4.36. The lowest BCUT2D eigenvalue weighted by molar-refractivity contribution is 0.0518. The van der Waals surface area contributed by atoms with Gasteiger partial charge in [0.05, 0.1) is 6.04 Å². The molecule has 0 aliphatic heterocycles. The summed E-state index contributed by atoms with van der Waals surface area (Å²) in [7, 11) is 0. The van der Waals surface area contributed by atoms with Crippen LogP contribution in [0.1, 0.15) is 36.8 Å². The van der Waals surface area contributed by atoms with Crippen LogP contribution in [0.2, 0.25) is 0 Å². The molecule has 7 nitrogen and oxygen atoms in total. The second-order valence-electron chi connectivity index (χ2n) is 8.07. The molecule has 8 heteroatoms. The van der Waals surface area contributed by atoms with E-state index in [1.54, 1.807) is 45.2 Å². The molecule has 0 aliphatic rings. The van der Waals surface area contributed by atoms with Crippen LogP contribution in [-0.4, -0.2) is 40.0 Å². The molecule has 0 saturated heterocycles. The van der Waals surface area contributed by atoms with Crippen LogP contribution in [0.4, 0.5) is 4.79 Å². The van der Waals surface area contributed by atoms with Gasteiger partial charge in [0.1, 0.15) is 11.3 Å². The first kappa shape index (κ1) is 23.3. The van der Waals surface area contributed by atoms with Gasteiger partial charge in [0, 0.05) is 23.0 Å². The van der Waals surface area contributed by atoms with Crippen LogP contribution in [0.25, 0.3) is 10.8 Å². The normalized spacial score (nSPS) is 12.1. The number of alkyl carbamates (subject to hydrolysis) is 1. The van der Waals surface area contributed by atoms with Crippen molar-refractivity contribution in [2.24, 2.45) is 0 Å². The minimum Gasteiger partial charge on any atom is -0.444 e. The number of pyridine rings is 1. The summed E-state index contributed by atoms with van der Waals surface area (Å²) in [6.07, 6.45) is 0.975. The number of benzene rings is 2. The first-order valence-electron chi connectivity index (χ1n) is 10.1. The molecule has 1 aromatic heterocycles. The second-order valence-corrected chi connectivity index (χ2v) is 8.51. The number of nitrogens with one attached hydrogen (secondary N) is 3. The number of carbonyl (C=O) groups excluding carboxylic acids is 2. The van der Waals surface area contributed by atoms with E-state index >= 15 is 0 Å². The molecule has 3 rings (SSSR count). The van der Waals surface area contributed by atoms with Gasteiger partial charge in [0.25, 0.3) is 5.91 Å². The number of fused-ring (bicyclic) bond motifs is 1. The van der Waals surface area contributed by atoms with Gasteiger partial charge < -0.3 is 10.1 Å². The molecule has 2 aromatic carbocycles. The van der Waals surface area contributed by atoms with Gasteiger partial charge in [0.15, 0.2) is 0 Å². The van der Waals surface area contributed by atoms with Gasteiger partial charge in [-0.15, -0.1) is 0 Å². The van der Waals surface area contributed by atoms with Crippen LogP contribution in [0.15, 0.2) is 60.8 Å². The van der Waals surface area contributed by atoms with Crippen LogP contribution in [0.3, 0.4) is 0 Å². The molecule has 0 saturated carbocycles. The number of rotatable bonds is 7. The Bertz CT molecular complexity index is 1110. The minimum atomic E-state index is -0.651. The average Bonchev–Trinajstić information content (AvgIpc) is 2.76. The summed E-state index contributed by atoms with van der Waals surface area (Å²) in [6, 6.07) is 18.8.